The predicted molar refractivity (Wildman–Crippen MR) is 126 cm³/mol. The van der Waals surface area contributed by atoms with Gasteiger partial charge in [0.1, 0.15) is 17.1 Å². The number of hydrogen-bond donors (Lipinski definition) is 0. The van der Waals surface area contributed by atoms with Gasteiger partial charge in [0.15, 0.2) is 0 Å². The van der Waals surface area contributed by atoms with Gasteiger partial charge in [0.2, 0.25) is 0 Å². The van der Waals surface area contributed by atoms with Crippen LogP contribution in [0.5, 0.6) is 11.5 Å². The summed E-state index contributed by atoms with van der Waals surface area (Å²) in [7, 11) is 1.72. The van der Waals surface area contributed by atoms with Crippen molar-refractivity contribution in [1.29, 1.82) is 0 Å². The van der Waals surface area contributed by atoms with Crippen LogP contribution in [-0.4, -0.2) is 47.6 Å². The Hall–Kier alpha value is -2.28. The minimum Gasteiger partial charge on any atom is -0.496 e. The summed E-state index contributed by atoms with van der Waals surface area (Å²) in [6.07, 6.45) is 2.49. The van der Waals surface area contributed by atoms with Gasteiger partial charge >= 0.3 is 0 Å². The Morgan fingerprint density at radius 1 is 1.16 bits per heavy atom. The van der Waals surface area contributed by atoms with Crippen LogP contribution in [0.25, 0.3) is 5.65 Å². The smallest absolute Gasteiger partial charge is 0.261 e. The van der Waals surface area contributed by atoms with E-state index in [2.05, 4.69) is 9.88 Å². The molecule has 0 spiro atoms. The van der Waals surface area contributed by atoms with Gasteiger partial charge < -0.3 is 14.4 Å². The average molecular weight is 464 g/mol. The Balaban J connectivity index is 0.00000136. The molecule has 2 aliphatic heterocycles. The topological polar surface area (TPSA) is 56.1 Å². The largest absolute Gasteiger partial charge is 0.496 e. The van der Waals surface area contributed by atoms with Gasteiger partial charge in [-0.25, -0.2) is 4.98 Å². The minimum atomic E-state index is 0. The van der Waals surface area contributed by atoms with Gasteiger partial charge in [0.05, 0.1) is 13.7 Å². The van der Waals surface area contributed by atoms with E-state index in [4.69, 9.17) is 9.47 Å². The van der Waals surface area contributed by atoms with Crippen LogP contribution in [0.1, 0.15) is 22.7 Å². The van der Waals surface area contributed by atoms with Crippen LogP contribution in [0.3, 0.4) is 0 Å². The van der Waals surface area contributed by atoms with Gasteiger partial charge in [-0.15, -0.1) is 24.8 Å². The maximum absolute atomic E-state index is 12.9. The van der Waals surface area contributed by atoms with E-state index < -0.39 is 0 Å². The highest BCUT2D eigenvalue weighted by atomic mass is 35.5. The van der Waals surface area contributed by atoms with E-state index in [1.54, 1.807) is 17.7 Å². The zero-order valence-electron chi connectivity index (χ0n) is 17.6. The summed E-state index contributed by atoms with van der Waals surface area (Å²) in [4.78, 5) is 20.0. The van der Waals surface area contributed by atoms with E-state index in [0.717, 1.165) is 49.0 Å². The van der Waals surface area contributed by atoms with Gasteiger partial charge in [0, 0.05) is 54.5 Å². The summed E-state index contributed by atoms with van der Waals surface area (Å²) in [6.45, 7) is 5.45. The van der Waals surface area contributed by atoms with E-state index in [1.165, 1.54) is 5.56 Å². The molecule has 0 aliphatic carbocycles. The third-order valence-corrected chi connectivity index (χ3v) is 6.30. The molecular weight excluding hydrogens is 437 g/mol. The number of likely N-dealkylation sites (tertiary alicyclic amines) is 1. The number of ether oxygens (including phenoxy) is 2. The SMILES string of the molecule is COc1cccc2c1C1CN(CCc3c(C)nc4ccccn4c3=O)CC1CO2.Cl.Cl. The molecule has 8 heteroatoms. The molecule has 2 aliphatic rings. The van der Waals surface area contributed by atoms with Crippen molar-refractivity contribution < 1.29 is 9.47 Å². The quantitative estimate of drug-likeness (QED) is 0.592. The monoisotopic (exact) mass is 463 g/mol. The Kier molecular flexibility index (Phi) is 7.14. The first-order chi connectivity index (χ1) is 14.2. The Bertz CT molecular complexity index is 1120. The molecule has 2 unspecified atom stereocenters. The summed E-state index contributed by atoms with van der Waals surface area (Å²) in [6, 6.07) is 11.7. The summed E-state index contributed by atoms with van der Waals surface area (Å²) in [5.74, 6) is 2.72. The average Bonchev–Trinajstić information content (AvgIpc) is 3.16. The first kappa shape index (κ1) is 23.4. The van der Waals surface area contributed by atoms with E-state index >= 15 is 0 Å². The number of aromatic nitrogens is 2. The van der Waals surface area contributed by atoms with E-state index in [1.807, 2.05) is 43.3 Å². The third kappa shape index (κ3) is 4.12. The molecule has 0 radical (unpaired) electrons. The van der Waals surface area contributed by atoms with E-state index in [-0.39, 0.29) is 30.4 Å². The number of pyridine rings is 1. The van der Waals surface area contributed by atoms with Gasteiger partial charge in [-0.3, -0.25) is 9.20 Å². The van der Waals surface area contributed by atoms with Crippen LogP contribution in [-0.2, 0) is 6.42 Å². The first-order valence-electron chi connectivity index (χ1n) is 10.1. The summed E-state index contributed by atoms with van der Waals surface area (Å²) >= 11 is 0. The van der Waals surface area contributed by atoms with Crippen LogP contribution >= 0.6 is 24.8 Å². The maximum Gasteiger partial charge on any atom is 0.261 e. The fourth-order valence-corrected chi connectivity index (χ4v) is 4.82. The molecule has 0 N–H and O–H groups in total. The van der Waals surface area contributed by atoms with Crippen molar-refractivity contribution in [3.05, 3.63) is 69.8 Å². The lowest BCUT2D eigenvalue weighted by Gasteiger charge is -2.29. The molecule has 2 atom stereocenters. The molecule has 4 heterocycles. The molecule has 1 saturated heterocycles. The summed E-state index contributed by atoms with van der Waals surface area (Å²) in [5, 5.41) is 0. The number of halogens is 2. The molecule has 31 heavy (non-hydrogen) atoms. The molecule has 0 saturated carbocycles. The lowest BCUT2D eigenvalue weighted by Crippen LogP contribution is -2.28. The van der Waals surface area contributed by atoms with Crippen LogP contribution in [0.2, 0.25) is 0 Å². The van der Waals surface area contributed by atoms with Crippen molar-refractivity contribution in [2.45, 2.75) is 19.3 Å². The number of fused-ring (bicyclic) bond motifs is 4. The highest BCUT2D eigenvalue weighted by Gasteiger charge is 2.40. The van der Waals surface area contributed by atoms with E-state index in [0.29, 0.717) is 23.9 Å². The highest BCUT2D eigenvalue weighted by molar-refractivity contribution is 5.85. The van der Waals surface area contributed by atoms with Crippen molar-refractivity contribution >= 4 is 30.5 Å². The molecule has 2 aromatic heterocycles. The number of methoxy groups -OCH3 is 1. The van der Waals surface area contributed by atoms with E-state index in [9.17, 15) is 4.79 Å². The minimum absolute atomic E-state index is 0. The normalized spacial score (nSPS) is 19.5. The fraction of sp³-hybridized carbons (Fsp3) is 0.391. The van der Waals surface area contributed by atoms with Crippen LogP contribution in [0.15, 0.2) is 47.4 Å². The Morgan fingerprint density at radius 2 is 2.00 bits per heavy atom. The molecule has 166 valence electrons. The maximum atomic E-state index is 12.9. The van der Waals surface area contributed by atoms with Crippen LogP contribution < -0.4 is 15.0 Å². The molecule has 6 nitrogen and oxygen atoms in total. The standard InChI is InChI=1S/C23H25N3O3.2ClH/c1-15-17(23(27)26-10-4-3-8-21(26)24-15)9-11-25-12-16-14-29-20-7-5-6-19(28-2)22(20)18(16)13-25;;/h3-8,10,16,18H,9,11-14H2,1-2H3;2*1H. The molecule has 5 rings (SSSR count). The summed E-state index contributed by atoms with van der Waals surface area (Å²) < 4.78 is 13.3. The fourth-order valence-electron chi connectivity index (χ4n) is 4.82. The number of nitrogens with zero attached hydrogens (tertiary/aromatic N) is 3. The summed E-state index contributed by atoms with van der Waals surface area (Å²) in [5.41, 5.74) is 3.56. The number of rotatable bonds is 4. The molecule has 1 aromatic carbocycles. The van der Waals surface area contributed by atoms with Gasteiger partial charge in [-0.1, -0.05) is 12.1 Å². The van der Waals surface area contributed by atoms with Gasteiger partial charge in [-0.2, -0.15) is 0 Å². The molecule has 0 bridgehead atoms. The third-order valence-electron chi connectivity index (χ3n) is 6.30. The molecule has 3 aromatic rings. The Morgan fingerprint density at radius 3 is 2.81 bits per heavy atom. The van der Waals surface area contributed by atoms with Crippen molar-refractivity contribution in [3.63, 3.8) is 0 Å². The number of hydrogen-bond acceptors (Lipinski definition) is 5. The molecular formula is C23H27Cl2N3O3. The van der Waals surface area contributed by atoms with Crippen molar-refractivity contribution in [2.24, 2.45) is 5.92 Å². The lowest BCUT2D eigenvalue weighted by atomic mass is 9.86. The number of aryl methyl sites for hydroxylation is 1. The van der Waals surface area contributed by atoms with Crippen LogP contribution in [0.4, 0.5) is 0 Å². The van der Waals surface area contributed by atoms with Crippen molar-refractivity contribution in [1.82, 2.24) is 14.3 Å². The zero-order chi connectivity index (χ0) is 20.0. The second-order valence-electron chi connectivity index (χ2n) is 7.97. The van der Waals surface area contributed by atoms with Crippen molar-refractivity contribution in [2.75, 3.05) is 33.4 Å². The second kappa shape index (κ2) is 9.47. The van der Waals surface area contributed by atoms with Gasteiger partial charge in [0.25, 0.3) is 5.56 Å². The second-order valence-corrected chi connectivity index (χ2v) is 7.97. The first-order valence-corrected chi connectivity index (χ1v) is 10.1. The Labute approximate surface area is 194 Å². The molecule has 0 amide bonds. The van der Waals surface area contributed by atoms with Gasteiger partial charge in [-0.05, 0) is 37.6 Å². The zero-order valence-corrected chi connectivity index (χ0v) is 19.2. The lowest BCUT2D eigenvalue weighted by molar-refractivity contribution is 0.209. The van der Waals surface area contributed by atoms with Crippen molar-refractivity contribution in [3.8, 4) is 11.5 Å². The predicted octanol–water partition coefficient (Wildman–Crippen LogP) is 3.51. The number of benzene rings is 1. The molecule has 1 fully saturated rings. The highest BCUT2D eigenvalue weighted by Crippen LogP contribution is 2.45. The van der Waals surface area contributed by atoms with Crippen LogP contribution in [0, 0.1) is 12.8 Å².